The Labute approximate surface area is 210 Å². The first-order chi connectivity index (χ1) is 16.0. The lowest BCUT2D eigenvalue weighted by Crippen LogP contribution is -2.33. The molecule has 0 unspecified atom stereocenters. The van der Waals surface area contributed by atoms with Crippen LogP contribution in [0.5, 0.6) is 11.5 Å². The van der Waals surface area contributed by atoms with E-state index in [2.05, 4.69) is 4.90 Å². The number of amides is 1. The van der Waals surface area contributed by atoms with Crippen molar-refractivity contribution in [3.8, 4) is 11.5 Å². The minimum absolute atomic E-state index is 0. The number of methoxy groups -OCH3 is 1. The quantitative estimate of drug-likeness (QED) is 0.288. The molecule has 1 aromatic heterocycles. The summed E-state index contributed by atoms with van der Waals surface area (Å²) in [5, 5.41) is 2.71. The molecule has 0 fully saturated rings. The van der Waals surface area contributed by atoms with Crippen molar-refractivity contribution in [2.45, 2.75) is 13.3 Å². The topological polar surface area (TPSA) is 54.9 Å². The molecule has 8 heteroatoms. The predicted molar refractivity (Wildman–Crippen MR) is 143 cm³/mol. The smallest absolute Gasteiger partial charge is 0.263 e. The fraction of sp³-hybridized carbons (Fsp3) is 0.308. The van der Waals surface area contributed by atoms with Gasteiger partial charge in [-0.3, -0.25) is 9.69 Å². The molecule has 0 aliphatic rings. The Hall–Kier alpha value is -2.87. The van der Waals surface area contributed by atoms with Crippen LogP contribution in [-0.4, -0.2) is 56.7 Å². The number of carbonyl (C=O) groups excluding carboxylic acids is 1. The van der Waals surface area contributed by atoms with E-state index in [1.807, 2.05) is 75.6 Å². The summed E-state index contributed by atoms with van der Waals surface area (Å²) in [5.41, 5.74) is 1.39. The summed E-state index contributed by atoms with van der Waals surface area (Å²) in [6, 6.07) is 17.7. The molecule has 0 atom stereocenters. The molecule has 0 bridgehead atoms. The number of fused-ring (bicyclic) bond motifs is 2. The standard InChI is InChI=1S/C26H29N3O3S.ClH/c1-5-32-20-11-12-22-24(17-20)33-26(27-22)29(14-8-13-28(2)3)25(30)21-15-18-9-6-7-10-19(18)16-23(21)31-4;/h6-7,9-12,15-17H,5,8,13-14H2,1-4H3;1H. The Balaban J connectivity index is 0.00000324. The molecule has 0 aliphatic heterocycles. The lowest BCUT2D eigenvalue weighted by Gasteiger charge is -2.22. The Morgan fingerprint density at radius 2 is 1.76 bits per heavy atom. The van der Waals surface area contributed by atoms with Gasteiger partial charge in [-0.15, -0.1) is 12.4 Å². The van der Waals surface area contributed by atoms with Crippen LogP contribution < -0.4 is 14.4 Å². The van der Waals surface area contributed by atoms with Gasteiger partial charge >= 0.3 is 0 Å². The van der Waals surface area contributed by atoms with Gasteiger partial charge in [0.05, 0.1) is 29.5 Å². The highest BCUT2D eigenvalue weighted by molar-refractivity contribution is 7.22. The first-order valence-corrected chi connectivity index (χ1v) is 11.9. The zero-order valence-electron chi connectivity index (χ0n) is 19.9. The molecule has 180 valence electrons. The SMILES string of the molecule is CCOc1ccc2nc(N(CCCN(C)C)C(=O)c3cc4ccccc4cc3OC)sc2c1.Cl. The maximum atomic E-state index is 13.9. The van der Waals surface area contributed by atoms with Crippen LogP contribution in [0.25, 0.3) is 21.0 Å². The zero-order chi connectivity index (χ0) is 23.4. The van der Waals surface area contributed by atoms with Crippen molar-refractivity contribution in [3.63, 3.8) is 0 Å². The number of hydrogen-bond donors (Lipinski definition) is 0. The summed E-state index contributed by atoms with van der Waals surface area (Å²) in [7, 11) is 5.67. The van der Waals surface area contributed by atoms with Gasteiger partial charge in [-0.1, -0.05) is 35.6 Å². The Morgan fingerprint density at radius 3 is 2.44 bits per heavy atom. The van der Waals surface area contributed by atoms with E-state index in [0.29, 0.717) is 29.6 Å². The molecule has 0 spiro atoms. The number of hydrogen-bond acceptors (Lipinski definition) is 6. The Bertz CT molecular complexity index is 1270. The molecule has 4 rings (SSSR count). The average molecular weight is 500 g/mol. The van der Waals surface area contributed by atoms with Crippen LogP contribution in [0, 0.1) is 0 Å². The van der Waals surface area contributed by atoms with Gasteiger partial charge in [0.25, 0.3) is 5.91 Å². The van der Waals surface area contributed by atoms with Gasteiger partial charge < -0.3 is 14.4 Å². The van der Waals surface area contributed by atoms with Crippen molar-refractivity contribution in [2.75, 3.05) is 45.8 Å². The third kappa shape index (κ3) is 5.60. The number of nitrogens with zero attached hydrogens (tertiary/aromatic N) is 3. The summed E-state index contributed by atoms with van der Waals surface area (Å²) >= 11 is 1.50. The van der Waals surface area contributed by atoms with E-state index in [0.717, 1.165) is 39.7 Å². The monoisotopic (exact) mass is 499 g/mol. The highest BCUT2D eigenvalue weighted by atomic mass is 35.5. The Kier molecular flexibility index (Phi) is 8.72. The summed E-state index contributed by atoms with van der Waals surface area (Å²) < 4.78 is 12.2. The zero-order valence-corrected chi connectivity index (χ0v) is 21.5. The van der Waals surface area contributed by atoms with Crippen molar-refractivity contribution >= 4 is 55.8 Å². The number of thiazole rings is 1. The average Bonchev–Trinajstić information content (AvgIpc) is 3.23. The number of halogens is 1. The molecular weight excluding hydrogens is 470 g/mol. The number of rotatable bonds is 9. The highest BCUT2D eigenvalue weighted by Crippen LogP contribution is 2.34. The molecule has 0 N–H and O–H groups in total. The Morgan fingerprint density at radius 1 is 1.03 bits per heavy atom. The van der Waals surface area contributed by atoms with Crippen LogP contribution in [0.1, 0.15) is 23.7 Å². The van der Waals surface area contributed by atoms with E-state index in [-0.39, 0.29) is 18.3 Å². The summed E-state index contributed by atoms with van der Waals surface area (Å²) in [6.45, 7) is 4.00. The van der Waals surface area contributed by atoms with Crippen molar-refractivity contribution in [3.05, 3.63) is 60.2 Å². The van der Waals surface area contributed by atoms with Crippen molar-refractivity contribution in [1.29, 1.82) is 0 Å². The van der Waals surface area contributed by atoms with Gasteiger partial charge in [-0.25, -0.2) is 4.98 Å². The maximum absolute atomic E-state index is 13.9. The van der Waals surface area contributed by atoms with E-state index in [1.165, 1.54) is 11.3 Å². The second kappa shape index (κ2) is 11.5. The minimum atomic E-state index is -0.111. The number of carbonyl (C=O) groups is 1. The second-order valence-corrected chi connectivity index (χ2v) is 9.08. The highest BCUT2D eigenvalue weighted by Gasteiger charge is 2.24. The molecule has 3 aromatic carbocycles. The summed E-state index contributed by atoms with van der Waals surface area (Å²) in [5.74, 6) is 1.26. The van der Waals surface area contributed by atoms with Crippen molar-refractivity contribution in [1.82, 2.24) is 9.88 Å². The maximum Gasteiger partial charge on any atom is 0.263 e. The number of benzene rings is 3. The van der Waals surface area contributed by atoms with Crippen LogP contribution in [-0.2, 0) is 0 Å². The molecular formula is C26H30ClN3O3S. The molecule has 0 radical (unpaired) electrons. The van der Waals surface area contributed by atoms with Crippen LogP contribution >= 0.6 is 23.7 Å². The largest absolute Gasteiger partial charge is 0.496 e. The molecule has 0 saturated carbocycles. The van der Waals surface area contributed by atoms with Gasteiger partial charge in [-0.05, 0) is 75.1 Å². The number of ether oxygens (including phenoxy) is 2. The van der Waals surface area contributed by atoms with Gasteiger partial charge in [0, 0.05) is 6.54 Å². The van der Waals surface area contributed by atoms with Crippen molar-refractivity contribution < 1.29 is 14.3 Å². The molecule has 0 aliphatic carbocycles. The first kappa shape index (κ1) is 25.7. The fourth-order valence-corrected chi connectivity index (χ4v) is 4.81. The third-order valence-electron chi connectivity index (χ3n) is 5.42. The normalized spacial score (nSPS) is 11.0. The van der Waals surface area contributed by atoms with E-state index >= 15 is 0 Å². The molecule has 1 amide bonds. The van der Waals surface area contributed by atoms with Gasteiger partial charge in [0.15, 0.2) is 5.13 Å². The van der Waals surface area contributed by atoms with E-state index in [4.69, 9.17) is 14.5 Å². The molecule has 4 aromatic rings. The third-order valence-corrected chi connectivity index (χ3v) is 6.46. The van der Waals surface area contributed by atoms with E-state index in [1.54, 1.807) is 12.0 Å². The number of aromatic nitrogens is 1. The predicted octanol–water partition coefficient (Wildman–Crippen LogP) is 5.88. The molecule has 0 saturated heterocycles. The second-order valence-electron chi connectivity index (χ2n) is 8.07. The van der Waals surface area contributed by atoms with Crippen LogP contribution in [0.3, 0.4) is 0 Å². The first-order valence-electron chi connectivity index (χ1n) is 11.1. The van der Waals surface area contributed by atoms with Gasteiger partial charge in [-0.2, -0.15) is 0 Å². The molecule has 6 nitrogen and oxygen atoms in total. The number of anilines is 1. The van der Waals surface area contributed by atoms with Crippen LogP contribution in [0.15, 0.2) is 54.6 Å². The van der Waals surface area contributed by atoms with Crippen LogP contribution in [0.2, 0.25) is 0 Å². The van der Waals surface area contributed by atoms with E-state index < -0.39 is 0 Å². The summed E-state index contributed by atoms with van der Waals surface area (Å²) in [6.07, 6.45) is 0.828. The lowest BCUT2D eigenvalue weighted by atomic mass is 10.0. The van der Waals surface area contributed by atoms with Crippen LogP contribution in [0.4, 0.5) is 5.13 Å². The van der Waals surface area contributed by atoms with Gasteiger partial charge in [0.1, 0.15) is 11.5 Å². The van der Waals surface area contributed by atoms with E-state index in [9.17, 15) is 4.79 Å². The van der Waals surface area contributed by atoms with Gasteiger partial charge in [0.2, 0.25) is 0 Å². The summed E-state index contributed by atoms with van der Waals surface area (Å²) in [4.78, 5) is 22.6. The fourth-order valence-electron chi connectivity index (χ4n) is 3.79. The van der Waals surface area contributed by atoms with Crippen molar-refractivity contribution in [2.24, 2.45) is 0 Å². The molecule has 1 heterocycles. The molecule has 34 heavy (non-hydrogen) atoms. The lowest BCUT2D eigenvalue weighted by molar-refractivity contribution is 0.0983. The minimum Gasteiger partial charge on any atom is -0.496 e.